The van der Waals surface area contributed by atoms with E-state index in [9.17, 15) is 4.79 Å². The number of rotatable bonds is 8. The molecule has 0 aliphatic rings. The SMILES string of the molecule is O=CC(CCc1ccccc1OCCCl)c1ccccc1. The standard InChI is InChI=1S/C18H19ClO2/c19-12-13-21-18-9-5-4-8-16(18)10-11-17(14-20)15-6-2-1-3-7-15/h1-9,14,17H,10-13H2. The number of aldehydes is 1. The molecule has 0 aliphatic heterocycles. The van der Waals surface area contributed by atoms with Crippen LogP contribution in [0.3, 0.4) is 0 Å². The largest absolute Gasteiger partial charge is 0.492 e. The Morgan fingerprint density at radius 3 is 2.48 bits per heavy atom. The third-order valence-corrected chi connectivity index (χ3v) is 3.58. The molecular formula is C18H19ClO2. The van der Waals surface area contributed by atoms with Gasteiger partial charge in [-0.1, -0.05) is 48.5 Å². The predicted octanol–water partition coefficient (Wildman–Crippen LogP) is 4.22. The highest BCUT2D eigenvalue weighted by atomic mass is 35.5. The molecular weight excluding hydrogens is 284 g/mol. The number of halogens is 1. The summed E-state index contributed by atoms with van der Waals surface area (Å²) in [5.74, 6) is 1.25. The van der Waals surface area contributed by atoms with Crippen LogP contribution in [0.4, 0.5) is 0 Å². The van der Waals surface area contributed by atoms with Gasteiger partial charge in [-0.3, -0.25) is 0 Å². The molecule has 2 nitrogen and oxygen atoms in total. The molecule has 110 valence electrons. The summed E-state index contributed by atoms with van der Waals surface area (Å²) in [7, 11) is 0. The van der Waals surface area contributed by atoms with Gasteiger partial charge in [0.15, 0.2) is 0 Å². The van der Waals surface area contributed by atoms with Crippen molar-refractivity contribution in [3.8, 4) is 5.75 Å². The molecule has 1 atom stereocenters. The number of alkyl halides is 1. The van der Waals surface area contributed by atoms with Gasteiger partial charge >= 0.3 is 0 Å². The molecule has 0 fully saturated rings. The van der Waals surface area contributed by atoms with Gasteiger partial charge in [0.1, 0.15) is 18.6 Å². The van der Waals surface area contributed by atoms with Crippen LogP contribution >= 0.6 is 11.6 Å². The summed E-state index contributed by atoms with van der Waals surface area (Å²) >= 11 is 5.66. The van der Waals surface area contributed by atoms with Crippen molar-refractivity contribution in [2.24, 2.45) is 0 Å². The Balaban J connectivity index is 2.03. The first kappa shape index (κ1) is 15.6. The molecule has 0 saturated carbocycles. The number of aryl methyl sites for hydroxylation is 1. The first-order valence-corrected chi connectivity index (χ1v) is 7.65. The molecule has 0 saturated heterocycles. The summed E-state index contributed by atoms with van der Waals surface area (Å²) in [6, 6.07) is 17.8. The van der Waals surface area contributed by atoms with Gasteiger partial charge in [-0.05, 0) is 30.0 Å². The second-order valence-corrected chi connectivity index (χ2v) is 5.22. The van der Waals surface area contributed by atoms with E-state index in [1.165, 1.54) is 0 Å². The van der Waals surface area contributed by atoms with Crippen LogP contribution in [0.1, 0.15) is 23.5 Å². The van der Waals surface area contributed by atoms with Crippen LogP contribution < -0.4 is 4.74 Å². The second-order valence-electron chi connectivity index (χ2n) is 4.84. The summed E-state index contributed by atoms with van der Waals surface area (Å²) in [4.78, 5) is 11.3. The van der Waals surface area contributed by atoms with Gasteiger partial charge in [0.25, 0.3) is 0 Å². The molecule has 0 aromatic heterocycles. The van der Waals surface area contributed by atoms with E-state index in [4.69, 9.17) is 16.3 Å². The highest BCUT2D eigenvalue weighted by molar-refractivity contribution is 6.18. The zero-order valence-corrected chi connectivity index (χ0v) is 12.6. The van der Waals surface area contributed by atoms with E-state index >= 15 is 0 Å². The van der Waals surface area contributed by atoms with Gasteiger partial charge in [0, 0.05) is 5.92 Å². The Morgan fingerprint density at radius 1 is 1.05 bits per heavy atom. The molecule has 0 amide bonds. The van der Waals surface area contributed by atoms with Crippen LogP contribution in [0.2, 0.25) is 0 Å². The molecule has 0 radical (unpaired) electrons. The summed E-state index contributed by atoms with van der Waals surface area (Å²) in [5.41, 5.74) is 2.18. The molecule has 0 bridgehead atoms. The topological polar surface area (TPSA) is 26.3 Å². The molecule has 2 aromatic carbocycles. The first-order valence-electron chi connectivity index (χ1n) is 7.12. The quantitative estimate of drug-likeness (QED) is 0.539. The van der Waals surface area contributed by atoms with Crippen molar-refractivity contribution in [3.63, 3.8) is 0 Å². The Morgan fingerprint density at radius 2 is 1.76 bits per heavy atom. The Hall–Kier alpha value is -1.80. The van der Waals surface area contributed by atoms with Gasteiger partial charge in [0.2, 0.25) is 0 Å². The van der Waals surface area contributed by atoms with E-state index in [1.54, 1.807) is 0 Å². The number of para-hydroxylation sites is 1. The van der Waals surface area contributed by atoms with Crippen molar-refractivity contribution in [1.82, 2.24) is 0 Å². The third kappa shape index (κ3) is 4.61. The van der Waals surface area contributed by atoms with Crippen molar-refractivity contribution >= 4 is 17.9 Å². The summed E-state index contributed by atoms with van der Waals surface area (Å²) in [6.45, 7) is 0.494. The summed E-state index contributed by atoms with van der Waals surface area (Å²) < 4.78 is 5.64. The number of ether oxygens (including phenoxy) is 1. The van der Waals surface area contributed by atoms with Crippen LogP contribution in [0.5, 0.6) is 5.75 Å². The lowest BCUT2D eigenvalue weighted by Gasteiger charge is -2.13. The number of hydrogen-bond donors (Lipinski definition) is 0. The number of hydrogen-bond acceptors (Lipinski definition) is 2. The fourth-order valence-electron chi connectivity index (χ4n) is 2.32. The average Bonchev–Trinajstić information content (AvgIpc) is 2.55. The summed E-state index contributed by atoms with van der Waals surface area (Å²) in [5, 5.41) is 0. The van der Waals surface area contributed by atoms with Crippen LogP contribution in [-0.2, 0) is 11.2 Å². The van der Waals surface area contributed by atoms with Crippen molar-refractivity contribution in [3.05, 3.63) is 65.7 Å². The van der Waals surface area contributed by atoms with E-state index in [0.29, 0.717) is 12.5 Å². The molecule has 0 aliphatic carbocycles. The molecule has 1 unspecified atom stereocenters. The van der Waals surface area contributed by atoms with Gasteiger partial charge in [0.05, 0.1) is 5.88 Å². The number of carbonyl (C=O) groups excluding carboxylic acids is 1. The fourth-order valence-corrected chi connectivity index (χ4v) is 2.40. The highest BCUT2D eigenvalue weighted by Gasteiger charge is 2.11. The van der Waals surface area contributed by atoms with E-state index in [-0.39, 0.29) is 5.92 Å². The van der Waals surface area contributed by atoms with Crippen LogP contribution in [0.15, 0.2) is 54.6 Å². The summed E-state index contributed by atoms with van der Waals surface area (Å²) in [6.07, 6.45) is 2.60. The zero-order chi connectivity index (χ0) is 14.9. The van der Waals surface area contributed by atoms with Crippen molar-refractivity contribution in [1.29, 1.82) is 0 Å². The Bertz CT molecular complexity index is 554. The maximum absolute atomic E-state index is 11.3. The monoisotopic (exact) mass is 302 g/mol. The van der Waals surface area contributed by atoms with Gasteiger partial charge in [-0.2, -0.15) is 0 Å². The minimum atomic E-state index is -0.0766. The van der Waals surface area contributed by atoms with Gasteiger partial charge in [-0.15, -0.1) is 11.6 Å². The van der Waals surface area contributed by atoms with Crippen LogP contribution in [0, 0.1) is 0 Å². The van der Waals surface area contributed by atoms with Crippen molar-refractivity contribution in [2.45, 2.75) is 18.8 Å². The molecule has 2 aromatic rings. The molecule has 3 heteroatoms. The maximum atomic E-state index is 11.3. The van der Waals surface area contributed by atoms with E-state index in [0.717, 1.165) is 36.0 Å². The Labute approximate surface area is 130 Å². The normalized spacial score (nSPS) is 11.9. The highest BCUT2D eigenvalue weighted by Crippen LogP contribution is 2.24. The van der Waals surface area contributed by atoms with E-state index in [1.807, 2.05) is 54.6 Å². The third-order valence-electron chi connectivity index (χ3n) is 3.42. The van der Waals surface area contributed by atoms with Gasteiger partial charge < -0.3 is 9.53 Å². The van der Waals surface area contributed by atoms with E-state index in [2.05, 4.69) is 0 Å². The van der Waals surface area contributed by atoms with Crippen LogP contribution in [0.25, 0.3) is 0 Å². The van der Waals surface area contributed by atoms with Gasteiger partial charge in [-0.25, -0.2) is 0 Å². The van der Waals surface area contributed by atoms with E-state index < -0.39 is 0 Å². The Kier molecular flexibility index (Phi) is 6.29. The lowest BCUT2D eigenvalue weighted by Crippen LogP contribution is -2.05. The first-order chi connectivity index (χ1) is 10.3. The minimum Gasteiger partial charge on any atom is -0.492 e. The zero-order valence-electron chi connectivity index (χ0n) is 11.9. The molecule has 2 rings (SSSR count). The maximum Gasteiger partial charge on any atom is 0.127 e. The minimum absolute atomic E-state index is 0.0766. The molecule has 0 N–H and O–H groups in total. The number of benzene rings is 2. The second kappa shape index (κ2) is 8.48. The smallest absolute Gasteiger partial charge is 0.127 e. The predicted molar refractivity (Wildman–Crippen MR) is 86.2 cm³/mol. The molecule has 0 spiro atoms. The van der Waals surface area contributed by atoms with Crippen LogP contribution in [-0.4, -0.2) is 18.8 Å². The van der Waals surface area contributed by atoms with Crippen molar-refractivity contribution < 1.29 is 9.53 Å². The number of carbonyl (C=O) groups is 1. The fraction of sp³-hybridized carbons (Fsp3) is 0.278. The lowest BCUT2D eigenvalue weighted by molar-refractivity contribution is -0.109. The molecule has 21 heavy (non-hydrogen) atoms. The average molecular weight is 303 g/mol. The van der Waals surface area contributed by atoms with Crippen molar-refractivity contribution in [2.75, 3.05) is 12.5 Å². The lowest BCUT2D eigenvalue weighted by atomic mass is 9.93. The molecule has 0 heterocycles.